The molecule has 0 amide bonds. The summed E-state index contributed by atoms with van der Waals surface area (Å²) >= 11 is 7.27. The Labute approximate surface area is 124 Å². The van der Waals surface area contributed by atoms with Crippen LogP contribution in [0.1, 0.15) is 36.4 Å². The van der Waals surface area contributed by atoms with Crippen molar-refractivity contribution in [3.05, 3.63) is 15.8 Å². The van der Waals surface area contributed by atoms with Crippen LogP contribution < -0.4 is 0 Å². The summed E-state index contributed by atoms with van der Waals surface area (Å²) in [6.45, 7) is 6.66. The highest BCUT2D eigenvalue weighted by molar-refractivity contribution is 7.89. The molecule has 0 spiro atoms. The first-order valence-corrected chi connectivity index (χ1v) is 9.34. The second kappa shape index (κ2) is 5.72. The van der Waals surface area contributed by atoms with Gasteiger partial charge in [0.1, 0.15) is 0 Å². The largest absolute Gasteiger partial charge is 0.244 e. The molecule has 1 aliphatic rings. The number of thiophene rings is 1. The smallest absolute Gasteiger partial charge is 0.207 e. The van der Waals surface area contributed by atoms with E-state index in [0.717, 1.165) is 22.6 Å². The minimum absolute atomic E-state index is 0.128. The SMILES string of the molecule is Cc1sc(CCl)cc1S(=O)(=O)N1CCCC1C(C)C. The molecule has 19 heavy (non-hydrogen) atoms. The van der Waals surface area contributed by atoms with Gasteiger partial charge in [0.15, 0.2) is 0 Å². The van der Waals surface area contributed by atoms with E-state index in [1.54, 1.807) is 10.4 Å². The first kappa shape index (κ1) is 15.3. The molecule has 1 aliphatic heterocycles. The van der Waals surface area contributed by atoms with Gasteiger partial charge in [0.2, 0.25) is 10.0 Å². The van der Waals surface area contributed by atoms with Crippen molar-refractivity contribution in [2.45, 2.75) is 50.4 Å². The van der Waals surface area contributed by atoms with Gasteiger partial charge in [-0.3, -0.25) is 0 Å². The third-order valence-electron chi connectivity index (χ3n) is 3.66. The maximum absolute atomic E-state index is 12.8. The van der Waals surface area contributed by atoms with E-state index in [0.29, 0.717) is 23.2 Å². The Kier molecular flexibility index (Phi) is 4.60. The summed E-state index contributed by atoms with van der Waals surface area (Å²) in [7, 11) is -3.37. The van der Waals surface area contributed by atoms with Gasteiger partial charge < -0.3 is 0 Å². The summed E-state index contributed by atoms with van der Waals surface area (Å²) in [5, 5.41) is 0. The summed E-state index contributed by atoms with van der Waals surface area (Å²) in [6.07, 6.45) is 1.91. The minimum Gasteiger partial charge on any atom is -0.207 e. The van der Waals surface area contributed by atoms with E-state index < -0.39 is 10.0 Å². The zero-order valence-corrected chi connectivity index (χ0v) is 13.9. The third-order valence-corrected chi connectivity index (χ3v) is 7.34. The molecule has 1 fully saturated rings. The average molecular weight is 322 g/mol. The van der Waals surface area contributed by atoms with E-state index >= 15 is 0 Å². The minimum atomic E-state index is -3.37. The molecular formula is C13H20ClNO2S2. The molecule has 2 rings (SSSR count). The Morgan fingerprint density at radius 3 is 2.74 bits per heavy atom. The zero-order chi connectivity index (χ0) is 14.2. The molecule has 0 radical (unpaired) electrons. The molecule has 2 heterocycles. The van der Waals surface area contributed by atoms with Gasteiger partial charge in [0, 0.05) is 22.3 Å². The Balaban J connectivity index is 2.39. The normalized spacial score (nSPS) is 21.4. The fourth-order valence-corrected chi connectivity index (χ4v) is 6.23. The number of sulfonamides is 1. The summed E-state index contributed by atoms with van der Waals surface area (Å²) in [5.41, 5.74) is 0. The van der Waals surface area contributed by atoms with Gasteiger partial charge in [-0.05, 0) is 31.7 Å². The first-order valence-electron chi connectivity index (χ1n) is 6.55. The highest BCUT2D eigenvalue weighted by Crippen LogP contribution is 2.34. The molecule has 0 N–H and O–H groups in total. The van der Waals surface area contributed by atoms with E-state index in [4.69, 9.17) is 11.6 Å². The van der Waals surface area contributed by atoms with Gasteiger partial charge in [0.25, 0.3) is 0 Å². The number of alkyl halides is 1. The van der Waals surface area contributed by atoms with Crippen LogP contribution in [0.15, 0.2) is 11.0 Å². The summed E-state index contributed by atoms with van der Waals surface area (Å²) < 4.78 is 27.3. The van der Waals surface area contributed by atoms with Crippen molar-refractivity contribution in [1.82, 2.24) is 4.31 Å². The van der Waals surface area contributed by atoms with Gasteiger partial charge in [-0.15, -0.1) is 22.9 Å². The topological polar surface area (TPSA) is 37.4 Å². The van der Waals surface area contributed by atoms with Crippen LogP contribution in [0.3, 0.4) is 0 Å². The summed E-state index contributed by atoms with van der Waals surface area (Å²) in [5.74, 6) is 0.720. The maximum atomic E-state index is 12.8. The van der Waals surface area contributed by atoms with Crippen molar-refractivity contribution >= 4 is 33.0 Å². The van der Waals surface area contributed by atoms with E-state index in [1.807, 2.05) is 6.92 Å². The molecule has 0 bridgehead atoms. The predicted octanol–water partition coefficient (Wildman–Crippen LogP) is 3.60. The fraction of sp³-hybridized carbons (Fsp3) is 0.692. The molecule has 0 aliphatic carbocycles. The Morgan fingerprint density at radius 1 is 1.53 bits per heavy atom. The second-order valence-corrected chi connectivity index (χ2v) is 8.80. The van der Waals surface area contributed by atoms with Gasteiger partial charge in [0.05, 0.1) is 10.8 Å². The molecule has 0 aromatic carbocycles. The van der Waals surface area contributed by atoms with Crippen LogP contribution in [0.25, 0.3) is 0 Å². The first-order chi connectivity index (χ1) is 8.87. The van der Waals surface area contributed by atoms with Gasteiger partial charge in [-0.2, -0.15) is 4.31 Å². The van der Waals surface area contributed by atoms with Crippen LogP contribution in [0.2, 0.25) is 0 Å². The molecular weight excluding hydrogens is 302 g/mol. The summed E-state index contributed by atoms with van der Waals surface area (Å²) in [4.78, 5) is 2.20. The lowest BCUT2D eigenvalue weighted by Crippen LogP contribution is -2.38. The van der Waals surface area contributed by atoms with Crippen LogP contribution in [-0.2, 0) is 15.9 Å². The lowest BCUT2D eigenvalue weighted by Gasteiger charge is -2.26. The Bertz CT molecular complexity index is 551. The summed E-state index contributed by atoms with van der Waals surface area (Å²) in [6, 6.07) is 1.86. The van der Waals surface area contributed by atoms with Crippen molar-refractivity contribution in [3.63, 3.8) is 0 Å². The Morgan fingerprint density at radius 2 is 2.21 bits per heavy atom. The van der Waals surface area contributed by atoms with Crippen molar-refractivity contribution in [2.75, 3.05) is 6.54 Å². The van der Waals surface area contributed by atoms with E-state index in [1.165, 1.54) is 11.3 Å². The standard InChI is InChI=1S/C13H20ClNO2S2/c1-9(2)12-5-4-6-15(12)19(16,17)13-7-11(8-14)18-10(13)3/h7,9,12H,4-6,8H2,1-3H3. The number of rotatable bonds is 4. The van der Waals surface area contributed by atoms with Gasteiger partial charge >= 0.3 is 0 Å². The van der Waals surface area contributed by atoms with Crippen molar-refractivity contribution in [1.29, 1.82) is 0 Å². The highest BCUT2D eigenvalue weighted by Gasteiger charge is 2.37. The van der Waals surface area contributed by atoms with E-state index in [-0.39, 0.29) is 6.04 Å². The zero-order valence-electron chi connectivity index (χ0n) is 11.5. The molecule has 1 atom stereocenters. The molecule has 1 aromatic rings. The average Bonchev–Trinajstić information content (AvgIpc) is 2.94. The van der Waals surface area contributed by atoms with Crippen LogP contribution in [0.5, 0.6) is 0 Å². The third kappa shape index (κ3) is 2.84. The van der Waals surface area contributed by atoms with Crippen LogP contribution in [-0.4, -0.2) is 25.3 Å². The molecule has 6 heteroatoms. The number of hydrogen-bond acceptors (Lipinski definition) is 3. The molecule has 108 valence electrons. The van der Waals surface area contributed by atoms with Crippen LogP contribution >= 0.6 is 22.9 Å². The second-order valence-electron chi connectivity index (χ2n) is 5.34. The molecule has 1 saturated heterocycles. The number of halogens is 1. The highest BCUT2D eigenvalue weighted by atomic mass is 35.5. The monoisotopic (exact) mass is 321 g/mol. The number of nitrogens with zero attached hydrogens (tertiary/aromatic N) is 1. The molecule has 0 saturated carbocycles. The van der Waals surface area contributed by atoms with Crippen molar-refractivity contribution < 1.29 is 8.42 Å². The maximum Gasteiger partial charge on any atom is 0.244 e. The lowest BCUT2D eigenvalue weighted by atomic mass is 10.0. The van der Waals surface area contributed by atoms with Crippen molar-refractivity contribution in [3.8, 4) is 0 Å². The van der Waals surface area contributed by atoms with Crippen molar-refractivity contribution in [2.24, 2.45) is 5.92 Å². The predicted molar refractivity (Wildman–Crippen MR) is 80.4 cm³/mol. The van der Waals surface area contributed by atoms with Gasteiger partial charge in [-0.25, -0.2) is 8.42 Å². The number of aryl methyl sites for hydroxylation is 1. The van der Waals surface area contributed by atoms with Gasteiger partial charge in [-0.1, -0.05) is 13.8 Å². The lowest BCUT2D eigenvalue weighted by molar-refractivity contribution is 0.315. The van der Waals surface area contributed by atoms with Crippen LogP contribution in [0, 0.1) is 12.8 Å². The van der Waals surface area contributed by atoms with Crippen LogP contribution in [0.4, 0.5) is 0 Å². The molecule has 1 aromatic heterocycles. The fourth-order valence-electron chi connectivity index (χ4n) is 2.70. The molecule has 1 unspecified atom stereocenters. The molecule has 3 nitrogen and oxygen atoms in total. The number of hydrogen-bond donors (Lipinski definition) is 0. The Hall–Kier alpha value is -0.100. The van der Waals surface area contributed by atoms with E-state index in [9.17, 15) is 8.42 Å². The quantitative estimate of drug-likeness (QED) is 0.794. The van der Waals surface area contributed by atoms with E-state index in [2.05, 4.69) is 13.8 Å².